The van der Waals surface area contributed by atoms with E-state index in [1.807, 2.05) is 0 Å². The van der Waals surface area contributed by atoms with Crippen molar-refractivity contribution in [1.29, 1.82) is 0 Å². The first-order valence-electron chi connectivity index (χ1n) is 0. The van der Waals surface area contributed by atoms with Crippen LogP contribution in [0.1, 0.15) is 1.43 Å². The average molecular weight is 126 g/mol. The molecule has 0 bridgehead atoms. The van der Waals surface area contributed by atoms with Gasteiger partial charge < -0.3 is 1.43 Å². The summed E-state index contributed by atoms with van der Waals surface area (Å²) in [6.45, 7) is 0. The van der Waals surface area contributed by atoms with E-state index in [2.05, 4.69) is 0 Å². The molecule has 0 fully saturated rings. The largest absolute Gasteiger partial charge is 1.00 e. The molecule has 0 N–H and O–H groups in total. The minimum absolute atomic E-state index is 0. The summed E-state index contributed by atoms with van der Waals surface area (Å²) in [5.74, 6) is 0. The van der Waals surface area contributed by atoms with Crippen molar-refractivity contribution < 1.29 is 42.1 Å². The van der Waals surface area contributed by atoms with E-state index in [0.29, 0.717) is 0 Å². The number of hydrogen-bond acceptors (Lipinski definition) is 0. The van der Waals surface area contributed by atoms with Crippen LogP contribution in [0.3, 0.4) is 0 Å². The maximum Gasteiger partial charge on any atom is 1.00 e. The molecule has 0 aromatic heterocycles. The summed E-state index contributed by atoms with van der Waals surface area (Å²) in [4.78, 5) is 0. The number of rotatable bonds is 0. The van der Waals surface area contributed by atoms with E-state index < -0.39 is 0 Å². The first kappa shape index (κ1) is 53.5. The van der Waals surface area contributed by atoms with E-state index >= 15 is 0 Å². The van der Waals surface area contributed by atoms with Gasteiger partial charge in [-0.25, -0.2) is 0 Å². The van der Waals surface area contributed by atoms with Crippen molar-refractivity contribution in [2.45, 2.75) is 0 Å². The Morgan fingerprint density at radius 3 is 1.25 bits per heavy atom. The Labute approximate surface area is 55.7 Å². The molecule has 4 heteroatoms. The first-order valence-corrected chi connectivity index (χ1v) is 0. The zero-order chi connectivity index (χ0) is 0. The van der Waals surface area contributed by atoms with Crippen molar-refractivity contribution in [2.75, 3.05) is 0 Å². The molecule has 0 atom stereocenters. The van der Waals surface area contributed by atoms with Gasteiger partial charge in [-0.2, -0.15) is 13.5 Å². The Balaban J connectivity index is 0. The van der Waals surface area contributed by atoms with Gasteiger partial charge in [-0.1, -0.05) is 0 Å². The van der Waals surface area contributed by atoms with Gasteiger partial charge in [0.25, 0.3) is 0 Å². The van der Waals surface area contributed by atoms with Crippen molar-refractivity contribution in [3.05, 3.63) is 0 Å². The summed E-state index contributed by atoms with van der Waals surface area (Å²) in [7, 11) is 0. The fourth-order valence-electron chi connectivity index (χ4n) is 0. The van der Waals surface area contributed by atoms with Crippen molar-refractivity contribution in [3.63, 3.8) is 0 Å². The zero-order valence-corrected chi connectivity index (χ0v) is 4.15. The van der Waals surface area contributed by atoms with Crippen LogP contribution in [0.25, 0.3) is 0 Å². The number of halogens is 1. The van der Waals surface area contributed by atoms with Crippen LogP contribution < -0.4 is 18.9 Å². The molecule has 0 spiro atoms. The van der Waals surface area contributed by atoms with Gasteiger partial charge in [0.05, 0.1) is 0 Å². The van der Waals surface area contributed by atoms with Gasteiger partial charge in [-0.3, -0.25) is 4.70 Å². The maximum absolute atomic E-state index is 0. The molecule has 0 amide bonds. The molecule has 0 saturated carbocycles. The normalized spacial score (nSPS) is 0. The Morgan fingerprint density at radius 2 is 1.25 bits per heavy atom. The molecule has 1 radical (unpaired) electrons. The zero-order valence-electron chi connectivity index (χ0n) is 3.21. The van der Waals surface area contributed by atoms with Crippen molar-refractivity contribution >= 4 is 13.5 Å². The molecule has 0 aromatic carbocycles. The summed E-state index contributed by atoms with van der Waals surface area (Å²) in [6, 6.07) is 0. The third-order valence-corrected chi connectivity index (χ3v) is 0. The Morgan fingerprint density at radius 1 is 1.25 bits per heavy atom. The van der Waals surface area contributed by atoms with E-state index in [9.17, 15) is 0 Å². The minimum Gasteiger partial charge on any atom is -1.00 e. The predicted octanol–water partition coefficient (Wildman–Crippen LogP) is -2.62. The molecule has 4 heavy (non-hydrogen) atoms. The minimum atomic E-state index is 0. The molecule has 0 saturated heterocycles. The molecule has 0 aliphatic carbocycles. The number of hydrogen-bond donors (Lipinski definition) is 0. The smallest absolute Gasteiger partial charge is 1.00 e. The van der Waals surface area contributed by atoms with Gasteiger partial charge in [0.1, 0.15) is 0 Å². The summed E-state index contributed by atoms with van der Waals surface area (Å²) in [5, 5.41) is 0. The van der Waals surface area contributed by atoms with E-state index in [-0.39, 0.29) is 55.6 Å². The summed E-state index contributed by atoms with van der Waals surface area (Å²) in [6.07, 6.45) is 0. The third-order valence-electron chi connectivity index (χ3n) is 0. The van der Waals surface area contributed by atoms with Gasteiger partial charge in [-0.05, 0) is 0 Å². The van der Waals surface area contributed by atoms with Gasteiger partial charge in [0, 0.05) is 17.1 Å². The second kappa shape index (κ2) is 26.0. The standard InChI is InChI=1S/Cu.FH.Li.H2S.H/h;1H;;1H2;/q;;+1;;-1. The predicted molar refractivity (Wildman–Crippen MR) is 14.0 cm³/mol. The summed E-state index contributed by atoms with van der Waals surface area (Å²) in [5.41, 5.74) is 0. The van der Waals surface area contributed by atoms with Crippen LogP contribution in [0.4, 0.5) is 4.70 Å². The van der Waals surface area contributed by atoms with Crippen LogP contribution in [0.2, 0.25) is 0 Å². The van der Waals surface area contributed by atoms with Crippen LogP contribution in [-0.4, -0.2) is 0 Å². The van der Waals surface area contributed by atoms with Crippen LogP contribution in [0.15, 0.2) is 0 Å². The molecule has 0 nitrogen and oxygen atoms in total. The van der Waals surface area contributed by atoms with Gasteiger partial charge >= 0.3 is 18.9 Å². The Bertz CT molecular complexity index is 11.6. The van der Waals surface area contributed by atoms with Gasteiger partial charge in [0.2, 0.25) is 0 Å². The van der Waals surface area contributed by atoms with Gasteiger partial charge in [0.15, 0.2) is 0 Å². The van der Waals surface area contributed by atoms with E-state index in [4.69, 9.17) is 0 Å². The van der Waals surface area contributed by atoms with E-state index in [1.165, 1.54) is 0 Å². The van der Waals surface area contributed by atoms with Crippen LogP contribution in [0, 0.1) is 0 Å². The van der Waals surface area contributed by atoms with Crippen LogP contribution >= 0.6 is 13.5 Å². The molecule has 0 heterocycles. The Hall–Kier alpha value is 1.40. The third kappa shape index (κ3) is 10.0. The van der Waals surface area contributed by atoms with Crippen LogP contribution in [-0.2, 0) is 17.1 Å². The summed E-state index contributed by atoms with van der Waals surface area (Å²) >= 11 is 0. The molecule has 0 aliphatic heterocycles. The average Bonchev–Trinajstić information content (AvgIpc) is 0. The van der Waals surface area contributed by atoms with E-state index in [0.717, 1.165) is 0 Å². The SMILES string of the molecule is F.S.[Cu].[H-].[Li+]. The molecule has 0 unspecified atom stereocenters. The maximum atomic E-state index is 0. The fraction of sp³-hybridized carbons (Fsp3) is 0. The molecule has 0 aliphatic rings. The van der Waals surface area contributed by atoms with Crippen molar-refractivity contribution in [3.8, 4) is 0 Å². The topological polar surface area (TPSA) is 0 Å². The second-order valence-electron chi connectivity index (χ2n) is 0. The second-order valence-corrected chi connectivity index (χ2v) is 0. The molecule has 0 aromatic rings. The summed E-state index contributed by atoms with van der Waals surface area (Å²) < 4.78 is 0. The quantitative estimate of drug-likeness (QED) is 0.311. The van der Waals surface area contributed by atoms with Crippen molar-refractivity contribution in [2.24, 2.45) is 0 Å². The monoisotopic (exact) mass is 125 g/mol. The van der Waals surface area contributed by atoms with Crippen LogP contribution in [0.5, 0.6) is 0 Å². The molecule has 0 rings (SSSR count). The van der Waals surface area contributed by atoms with E-state index in [1.54, 1.807) is 0 Å². The van der Waals surface area contributed by atoms with Gasteiger partial charge in [-0.15, -0.1) is 0 Å². The van der Waals surface area contributed by atoms with Crippen molar-refractivity contribution in [1.82, 2.24) is 0 Å². The first-order chi connectivity index (χ1) is 0. The molecule has 29 valence electrons. The fourth-order valence-corrected chi connectivity index (χ4v) is 0. The Kier molecular flexibility index (Phi) is 348. The molecular formula is H4CuFLiS. The molecular weight excluding hydrogens is 122 g/mol.